The lowest BCUT2D eigenvalue weighted by Crippen LogP contribution is -2.03. The molecule has 1 N–H and O–H groups in total. The zero-order valence-corrected chi connectivity index (χ0v) is 12.1. The van der Waals surface area contributed by atoms with Gasteiger partial charge in [0.2, 0.25) is 0 Å². The molecule has 108 valence electrons. The maximum atomic E-state index is 11.9. The zero-order chi connectivity index (χ0) is 14.4. The topological polar surface area (TPSA) is 47.6 Å². The van der Waals surface area contributed by atoms with Crippen LogP contribution in [0.15, 0.2) is 30.0 Å². The van der Waals surface area contributed by atoms with E-state index in [1.54, 1.807) is 14.2 Å². The number of Topliss-reactive ketones (excluding diaryl/α,β-unsaturated/α-hetero) is 1. The van der Waals surface area contributed by atoms with Gasteiger partial charge in [0.15, 0.2) is 5.78 Å². The maximum Gasteiger partial charge on any atom is 0.160 e. The largest absolute Gasteiger partial charge is 0.497 e. The Balaban J connectivity index is 2.17. The van der Waals surface area contributed by atoms with Crippen LogP contribution in [0.1, 0.15) is 32.1 Å². The lowest BCUT2D eigenvalue weighted by atomic mass is 10.1. The highest BCUT2D eigenvalue weighted by molar-refractivity contribution is 5.95. The quantitative estimate of drug-likeness (QED) is 0.674. The summed E-state index contributed by atoms with van der Waals surface area (Å²) in [5, 5.41) is 3.18. The van der Waals surface area contributed by atoms with Gasteiger partial charge in [-0.05, 0) is 31.4 Å². The van der Waals surface area contributed by atoms with Gasteiger partial charge in [-0.2, -0.15) is 0 Å². The molecule has 1 saturated carbocycles. The molecule has 0 amide bonds. The number of carbonyl (C=O) groups is 1. The molecule has 4 heteroatoms. The maximum absolute atomic E-state index is 11.9. The number of methoxy groups -OCH3 is 2. The standard InChI is InChI=1S/C16H21NO3/c1-19-13-8-9-16(20-2)14(10-13)17-11-12-6-4-3-5-7-15(12)18/h8-11,17H,3-7H2,1-2H3/b12-11+. The molecule has 1 aromatic carbocycles. The van der Waals surface area contributed by atoms with Crippen LogP contribution in [0.25, 0.3) is 0 Å². The molecule has 0 saturated heterocycles. The molecule has 0 unspecified atom stereocenters. The Hall–Kier alpha value is -1.97. The first-order valence-electron chi connectivity index (χ1n) is 6.95. The van der Waals surface area contributed by atoms with E-state index in [9.17, 15) is 4.79 Å². The molecular weight excluding hydrogens is 254 g/mol. The Bertz CT molecular complexity index is 508. The van der Waals surface area contributed by atoms with Gasteiger partial charge in [0.1, 0.15) is 11.5 Å². The number of rotatable bonds is 4. The molecule has 1 fully saturated rings. The number of ether oxygens (including phenoxy) is 2. The lowest BCUT2D eigenvalue weighted by Gasteiger charge is -2.11. The molecule has 2 rings (SSSR count). The number of ketones is 1. The third-order valence-electron chi connectivity index (χ3n) is 3.52. The molecule has 0 spiro atoms. The van der Waals surface area contributed by atoms with Gasteiger partial charge in [0.05, 0.1) is 19.9 Å². The second-order valence-corrected chi connectivity index (χ2v) is 4.86. The van der Waals surface area contributed by atoms with Crippen LogP contribution in [-0.4, -0.2) is 20.0 Å². The summed E-state index contributed by atoms with van der Waals surface area (Å²) in [7, 11) is 3.25. The van der Waals surface area contributed by atoms with Crippen LogP contribution in [0.4, 0.5) is 5.69 Å². The van der Waals surface area contributed by atoms with E-state index in [0.717, 1.165) is 48.4 Å². The molecule has 0 radical (unpaired) electrons. The minimum absolute atomic E-state index is 0.247. The normalized spacial score (nSPS) is 17.7. The lowest BCUT2D eigenvalue weighted by molar-refractivity contribution is -0.115. The van der Waals surface area contributed by atoms with E-state index in [-0.39, 0.29) is 5.78 Å². The molecular formula is C16H21NO3. The molecule has 0 aliphatic heterocycles. The van der Waals surface area contributed by atoms with Crippen molar-refractivity contribution in [2.24, 2.45) is 0 Å². The van der Waals surface area contributed by atoms with Crippen molar-refractivity contribution < 1.29 is 14.3 Å². The fourth-order valence-electron chi connectivity index (χ4n) is 2.32. The van der Waals surface area contributed by atoms with E-state index in [1.807, 2.05) is 24.4 Å². The number of hydrogen-bond acceptors (Lipinski definition) is 4. The van der Waals surface area contributed by atoms with Gasteiger partial charge in [-0.1, -0.05) is 6.42 Å². The fourth-order valence-corrected chi connectivity index (χ4v) is 2.32. The van der Waals surface area contributed by atoms with E-state index in [0.29, 0.717) is 6.42 Å². The van der Waals surface area contributed by atoms with Gasteiger partial charge in [-0.25, -0.2) is 0 Å². The highest BCUT2D eigenvalue weighted by Gasteiger charge is 2.13. The predicted molar refractivity (Wildman–Crippen MR) is 79.3 cm³/mol. The Kier molecular flexibility index (Phi) is 5.04. The highest BCUT2D eigenvalue weighted by atomic mass is 16.5. The van der Waals surface area contributed by atoms with Gasteiger partial charge in [-0.3, -0.25) is 4.79 Å². The molecule has 0 aromatic heterocycles. The van der Waals surface area contributed by atoms with Crippen molar-refractivity contribution in [3.63, 3.8) is 0 Å². The molecule has 1 aliphatic rings. The zero-order valence-electron chi connectivity index (χ0n) is 12.1. The predicted octanol–water partition coefficient (Wildman–Crippen LogP) is 3.53. The summed E-state index contributed by atoms with van der Waals surface area (Å²) >= 11 is 0. The van der Waals surface area contributed by atoms with E-state index in [1.165, 1.54) is 0 Å². The monoisotopic (exact) mass is 275 g/mol. The summed E-state index contributed by atoms with van der Waals surface area (Å²) in [6.07, 6.45) is 6.52. The van der Waals surface area contributed by atoms with Crippen molar-refractivity contribution >= 4 is 11.5 Å². The van der Waals surface area contributed by atoms with Gasteiger partial charge in [0, 0.05) is 24.3 Å². The van der Waals surface area contributed by atoms with Crippen LogP contribution in [0.2, 0.25) is 0 Å². The van der Waals surface area contributed by atoms with Crippen LogP contribution in [-0.2, 0) is 4.79 Å². The molecule has 4 nitrogen and oxygen atoms in total. The van der Waals surface area contributed by atoms with Crippen LogP contribution in [0.3, 0.4) is 0 Å². The summed E-state index contributed by atoms with van der Waals surface area (Å²) in [6.45, 7) is 0. The van der Waals surface area contributed by atoms with Crippen molar-refractivity contribution in [3.8, 4) is 11.5 Å². The van der Waals surface area contributed by atoms with E-state index in [2.05, 4.69) is 5.32 Å². The van der Waals surface area contributed by atoms with Gasteiger partial charge < -0.3 is 14.8 Å². The summed E-state index contributed by atoms with van der Waals surface area (Å²) in [5.74, 6) is 1.72. The summed E-state index contributed by atoms with van der Waals surface area (Å²) in [4.78, 5) is 11.9. The number of allylic oxidation sites excluding steroid dienone is 1. The van der Waals surface area contributed by atoms with Crippen molar-refractivity contribution in [2.45, 2.75) is 32.1 Å². The Labute approximate surface area is 119 Å². The van der Waals surface area contributed by atoms with Gasteiger partial charge >= 0.3 is 0 Å². The smallest absolute Gasteiger partial charge is 0.160 e. The third kappa shape index (κ3) is 3.53. The summed E-state index contributed by atoms with van der Waals surface area (Å²) in [6, 6.07) is 5.54. The first kappa shape index (κ1) is 14.4. The molecule has 0 atom stereocenters. The summed E-state index contributed by atoms with van der Waals surface area (Å²) < 4.78 is 10.5. The number of carbonyl (C=O) groups excluding carboxylic acids is 1. The SMILES string of the molecule is COc1ccc(OC)c(N/C=C2\CCCCCC2=O)c1. The van der Waals surface area contributed by atoms with Crippen molar-refractivity contribution in [1.29, 1.82) is 0 Å². The highest BCUT2D eigenvalue weighted by Crippen LogP contribution is 2.29. The van der Waals surface area contributed by atoms with Crippen LogP contribution in [0.5, 0.6) is 11.5 Å². The average Bonchev–Trinajstić information content (AvgIpc) is 2.69. The number of hydrogen-bond donors (Lipinski definition) is 1. The second-order valence-electron chi connectivity index (χ2n) is 4.86. The molecule has 1 aliphatic carbocycles. The van der Waals surface area contributed by atoms with Crippen LogP contribution < -0.4 is 14.8 Å². The van der Waals surface area contributed by atoms with Crippen molar-refractivity contribution in [1.82, 2.24) is 0 Å². The first-order valence-corrected chi connectivity index (χ1v) is 6.95. The Morgan fingerprint density at radius 2 is 1.90 bits per heavy atom. The fraction of sp³-hybridized carbons (Fsp3) is 0.438. The van der Waals surface area contributed by atoms with Crippen LogP contribution >= 0.6 is 0 Å². The minimum Gasteiger partial charge on any atom is -0.497 e. The number of nitrogens with one attached hydrogen (secondary N) is 1. The van der Waals surface area contributed by atoms with E-state index >= 15 is 0 Å². The van der Waals surface area contributed by atoms with Crippen molar-refractivity contribution in [2.75, 3.05) is 19.5 Å². The third-order valence-corrected chi connectivity index (χ3v) is 3.52. The molecule has 0 bridgehead atoms. The Morgan fingerprint density at radius 1 is 1.10 bits per heavy atom. The molecule has 20 heavy (non-hydrogen) atoms. The second kappa shape index (κ2) is 6.98. The molecule has 1 aromatic rings. The van der Waals surface area contributed by atoms with E-state index < -0.39 is 0 Å². The first-order chi connectivity index (χ1) is 9.74. The van der Waals surface area contributed by atoms with E-state index in [4.69, 9.17) is 9.47 Å². The van der Waals surface area contributed by atoms with Gasteiger partial charge in [-0.15, -0.1) is 0 Å². The van der Waals surface area contributed by atoms with Crippen LogP contribution in [0, 0.1) is 0 Å². The minimum atomic E-state index is 0.247. The average molecular weight is 275 g/mol. The summed E-state index contributed by atoms with van der Waals surface area (Å²) in [5.41, 5.74) is 1.67. The number of benzene rings is 1. The van der Waals surface area contributed by atoms with Crippen molar-refractivity contribution in [3.05, 3.63) is 30.0 Å². The number of anilines is 1. The van der Waals surface area contributed by atoms with Gasteiger partial charge in [0.25, 0.3) is 0 Å². The molecule has 0 heterocycles. The Morgan fingerprint density at radius 3 is 2.65 bits per heavy atom.